The number of benzene rings is 2. The normalized spacial score (nSPS) is 16.0. The lowest BCUT2D eigenvalue weighted by molar-refractivity contribution is -0.139. The first-order valence-electron chi connectivity index (χ1n) is 12.3. The zero-order chi connectivity index (χ0) is 27.7. The van der Waals surface area contributed by atoms with E-state index in [4.69, 9.17) is 9.47 Å². The molecule has 4 rings (SSSR count). The molecule has 1 aliphatic heterocycles. The summed E-state index contributed by atoms with van der Waals surface area (Å²) in [6.07, 6.45) is 1.10. The molecule has 1 fully saturated rings. The minimum atomic E-state index is -3.91. The number of ether oxygens (including phenoxy) is 2. The van der Waals surface area contributed by atoms with Crippen LogP contribution in [0.5, 0.6) is 0 Å². The van der Waals surface area contributed by atoms with Gasteiger partial charge in [-0.25, -0.2) is 17.2 Å². The Balaban J connectivity index is 1.75. The molecule has 1 atom stereocenters. The predicted octanol–water partition coefficient (Wildman–Crippen LogP) is 3.07. The molecule has 0 aliphatic carbocycles. The number of nitrogens with one attached hydrogen (secondary N) is 2. The number of nitrogens with zero attached hydrogens (tertiary/aromatic N) is 1. The molecule has 1 amide bonds. The highest BCUT2D eigenvalue weighted by molar-refractivity contribution is 7.90. The number of alkyl carbamates (subject to hydrolysis) is 1. The van der Waals surface area contributed by atoms with Crippen LogP contribution in [0.4, 0.5) is 4.79 Å². The highest BCUT2D eigenvalue weighted by Crippen LogP contribution is 2.31. The fraction of sp³-hybridized carbons (Fsp3) is 0.407. The number of hydrogen-bond acceptors (Lipinski definition) is 7. The minimum absolute atomic E-state index is 0.158. The van der Waals surface area contributed by atoms with Gasteiger partial charge in [0.05, 0.1) is 41.8 Å². The quantitative estimate of drug-likeness (QED) is 0.375. The van der Waals surface area contributed by atoms with Gasteiger partial charge in [-0.3, -0.25) is 10.1 Å². The van der Waals surface area contributed by atoms with Gasteiger partial charge in [-0.2, -0.15) is 0 Å². The second-order valence-electron chi connectivity index (χ2n) is 10.6. The molecule has 3 N–H and O–H groups in total. The minimum Gasteiger partial charge on any atom is -0.480 e. The maximum absolute atomic E-state index is 13.6. The molecule has 1 aromatic heterocycles. The van der Waals surface area contributed by atoms with Crippen molar-refractivity contribution in [3.05, 3.63) is 65.9 Å². The van der Waals surface area contributed by atoms with Crippen molar-refractivity contribution in [2.24, 2.45) is 0 Å². The molecule has 0 bridgehead atoms. The van der Waals surface area contributed by atoms with Crippen LogP contribution in [0.3, 0.4) is 0 Å². The lowest BCUT2D eigenvalue weighted by Crippen LogP contribution is -2.72. The predicted molar refractivity (Wildman–Crippen MR) is 142 cm³/mol. The summed E-state index contributed by atoms with van der Waals surface area (Å²) < 4.78 is 39.4. The summed E-state index contributed by atoms with van der Waals surface area (Å²) in [5.41, 5.74) is 0.482. The topological polar surface area (TPSA) is 136 Å². The first-order chi connectivity index (χ1) is 17.8. The molecular weight excluding hydrogens is 510 g/mol. The van der Waals surface area contributed by atoms with Gasteiger partial charge in [0.25, 0.3) is 10.0 Å². The third-order valence-corrected chi connectivity index (χ3v) is 8.12. The van der Waals surface area contributed by atoms with Crippen molar-refractivity contribution in [3.63, 3.8) is 0 Å². The number of carbonyl (C=O) groups is 2. The number of aromatic nitrogens is 1. The Hall–Kier alpha value is -3.41. The Kier molecular flexibility index (Phi) is 7.55. The van der Waals surface area contributed by atoms with Crippen LogP contribution >= 0.6 is 0 Å². The number of carboxylic acid groups (broad SMARTS) is 1. The number of aryl methyl sites for hydroxylation is 1. The van der Waals surface area contributed by atoms with Crippen LogP contribution in [-0.4, -0.2) is 66.5 Å². The number of amides is 1. The van der Waals surface area contributed by atoms with Gasteiger partial charge in [0, 0.05) is 11.6 Å². The van der Waals surface area contributed by atoms with Gasteiger partial charge >= 0.3 is 12.1 Å². The van der Waals surface area contributed by atoms with Crippen molar-refractivity contribution >= 4 is 33.0 Å². The van der Waals surface area contributed by atoms with Crippen LogP contribution in [0.25, 0.3) is 10.9 Å². The standard InChI is InChI=1S/C27H33N3O7S/c1-18-9-11-20(12-10-18)38(34,35)30-15-19(21-7-5-6-8-22(21)30)13-23(29-25(33)37-26(2,3)4)27(16-36-17-27)28-14-24(31)32/h5-12,15,23,28H,13-14,16-17H2,1-4H3,(H,29,33)(H,31,32)/t23-/m1/s1. The summed E-state index contributed by atoms with van der Waals surface area (Å²) in [5.74, 6) is -1.05. The average Bonchev–Trinajstić information content (AvgIpc) is 3.16. The Bertz CT molecular complexity index is 1440. The third kappa shape index (κ3) is 5.85. The number of carbonyl (C=O) groups excluding carboxylic acids is 1. The number of para-hydroxylation sites is 1. The van der Waals surface area contributed by atoms with Gasteiger partial charge in [-0.15, -0.1) is 0 Å². The van der Waals surface area contributed by atoms with E-state index in [-0.39, 0.29) is 31.1 Å². The zero-order valence-electron chi connectivity index (χ0n) is 21.9. The number of fused-ring (bicyclic) bond motifs is 1. The van der Waals surface area contributed by atoms with Crippen LogP contribution in [0.1, 0.15) is 31.9 Å². The fourth-order valence-electron chi connectivity index (χ4n) is 4.46. The molecule has 2 heterocycles. The smallest absolute Gasteiger partial charge is 0.407 e. The van der Waals surface area contributed by atoms with Gasteiger partial charge in [-0.1, -0.05) is 35.9 Å². The molecule has 11 heteroatoms. The first-order valence-corrected chi connectivity index (χ1v) is 13.7. The van der Waals surface area contributed by atoms with Crippen molar-refractivity contribution in [2.45, 2.75) is 56.2 Å². The first kappa shape index (κ1) is 27.6. The second kappa shape index (κ2) is 10.4. The molecule has 38 heavy (non-hydrogen) atoms. The number of hydrogen-bond donors (Lipinski definition) is 3. The van der Waals surface area contributed by atoms with E-state index in [1.807, 2.05) is 19.1 Å². The molecule has 0 spiro atoms. The molecule has 0 radical (unpaired) electrons. The summed E-state index contributed by atoms with van der Waals surface area (Å²) in [6.45, 7) is 7.12. The summed E-state index contributed by atoms with van der Waals surface area (Å²) in [4.78, 5) is 24.3. The van der Waals surface area contributed by atoms with Crippen molar-refractivity contribution in [2.75, 3.05) is 19.8 Å². The van der Waals surface area contributed by atoms with Crippen LogP contribution in [0.15, 0.2) is 59.6 Å². The van der Waals surface area contributed by atoms with E-state index >= 15 is 0 Å². The largest absolute Gasteiger partial charge is 0.480 e. The van der Waals surface area contributed by atoms with Crippen molar-refractivity contribution in [1.82, 2.24) is 14.6 Å². The monoisotopic (exact) mass is 543 g/mol. The summed E-state index contributed by atoms with van der Waals surface area (Å²) in [5, 5.41) is 15.9. The van der Waals surface area contributed by atoms with Gasteiger partial charge < -0.3 is 19.9 Å². The lowest BCUT2D eigenvalue weighted by Gasteiger charge is -2.47. The highest BCUT2D eigenvalue weighted by atomic mass is 32.2. The zero-order valence-corrected chi connectivity index (χ0v) is 22.7. The molecular formula is C27H33N3O7S. The molecule has 0 saturated carbocycles. The molecule has 2 aromatic carbocycles. The van der Waals surface area contributed by atoms with E-state index in [1.165, 1.54) is 3.97 Å². The maximum atomic E-state index is 13.6. The summed E-state index contributed by atoms with van der Waals surface area (Å²) in [6, 6.07) is 13.1. The molecule has 204 valence electrons. The Labute approximate surface area is 222 Å². The lowest BCUT2D eigenvalue weighted by atomic mass is 9.83. The van der Waals surface area contributed by atoms with E-state index in [9.17, 15) is 23.1 Å². The van der Waals surface area contributed by atoms with Gasteiger partial charge in [0.1, 0.15) is 5.60 Å². The Morgan fingerprint density at radius 2 is 1.79 bits per heavy atom. The number of aliphatic carboxylic acids is 1. The van der Waals surface area contributed by atoms with Crippen molar-refractivity contribution < 1.29 is 32.6 Å². The van der Waals surface area contributed by atoms with Crippen molar-refractivity contribution in [3.8, 4) is 0 Å². The number of rotatable bonds is 9. The van der Waals surface area contributed by atoms with Crippen LogP contribution in [-0.2, 0) is 30.7 Å². The van der Waals surface area contributed by atoms with E-state index in [2.05, 4.69) is 10.6 Å². The second-order valence-corrected chi connectivity index (χ2v) is 12.4. The molecule has 3 aromatic rings. The van der Waals surface area contributed by atoms with E-state index in [0.717, 1.165) is 5.56 Å². The maximum Gasteiger partial charge on any atom is 0.407 e. The van der Waals surface area contributed by atoms with Crippen molar-refractivity contribution in [1.29, 1.82) is 0 Å². The highest BCUT2D eigenvalue weighted by Gasteiger charge is 2.47. The Morgan fingerprint density at radius 3 is 2.37 bits per heavy atom. The number of carboxylic acids is 1. The fourth-order valence-corrected chi connectivity index (χ4v) is 5.85. The Morgan fingerprint density at radius 1 is 1.13 bits per heavy atom. The van der Waals surface area contributed by atoms with Gasteiger partial charge in [0.15, 0.2) is 0 Å². The summed E-state index contributed by atoms with van der Waals surface area (Å²) >= 11 is 0. The molecule has 0 unspecified atom stereocenters. The van der Waals surface area contributed by atoms with Gasteiger partial charge in [0.2, 0.25) is 0 Å². The summed E-state index contributed by atoms with van der Waals surface area (Å²) in [7, 11) is -3.91. The average molecular weight is 544 g/mol. The molecule has 1 saturated heterocycles. The van der Waals surface area contributed by atoms with Crippen LogP contribution < -0.4 is 10.6 Å². The van der Waals surface area contributed by atoms with E-state index in [1.54, 1.807) is 63.4 Å². The van der Waals surface area contributed by atoms with E-state index in [0.29, 0.717) is 16.5 Å². The van der Waals surface area contributed by atoms with Crippen LogP contribution in [0.2, 0.25) is 0 Å². The van der Waals surface area contributed by atoms with Crippen LogP contribution in [0, 0.1) is 6.92 Å². The SMILES string of the molecule is Cc1ccc(S(=O)(=O)n2cc(C[C@@H](NC(=O)OC(C)(C)C)C3(NCC(=O)O)COC3)c3ccccc32)cc1. The third-order valence-electron chi connectivity index (χ3n) is 6.43. The van der Waals surface area contributed by atoms with Gasteiger partial charge in [-0.05, 0) is 57.9 Å². The molecule has 10 nitrogen and oxygen atoms in total. The van der Waals surface area contributed by atoms with E-state index < -0.39 is 39.3 Å². The molecule has 1 aliphatic rings.